The third-order valence-corrected chi connectivity index (χ3v) is 3.65. The monoisotopic (exact) mass is 303 g/mol. The lowest BCUT2D eigenvalue weighted by molar-refractivity contribution is -0.149. The Morgan fingerprint density at radius 3 is 2.24 bits per heavy atom. The van der Waals surface area contributed by atoms with Crippen molar-refractivity contribution in [2.24, 2.45) is 0 Å². The van der Waals surface area contributed by atoms with Gasteiger partial charge in [0.1, 0.15) is 0 Å². The summed E-state index contributed by atoms with van der Waals surface area (Å²) in [7, 11) is 0. The van der Waals surface area contributed by atoms with Gasteiger partial charge in [0, 0.05) is 44.0 Å². The second kappa shape index (κ2) is 6.64. The Morgan fingerprint density at radius 1 is 1.10 bits per heavy atom. The van der Waals surface area contributed by atoms with Crippen molar-refractivity contribution >= 4 is 5.69 Å². The molecular formula is C14H20F3N3O. The molecule has 1 aliphatic rings. The summed E-state index contributed by atoms with van der Waals surface area (Å²) in [6.45, 7) is 1.26. The van der Waals surface area contributed by atoms with Crippen LogP contribution >= 0.6 is 0 Å². The van der Waals surface area contributed by atoms with Gasteiger partial charge < -0.3 is 10.8 Å². The van der Waals surface area contributed by atoms with E-state index in [9.17, 15) is 18.3 Å². The molecule has 2 rings (SSSR count). The fourth-order valence-corrected chi connectivity index (χ4v) is 2.54. The third-order valence-electron chi connectivity index (χ3n) is 3.65. The van der Waals surface area contributed by atoms with Crippen molar-refractivity contribution in [1.82, 2.24) is 9.80 Å². The van der Waals surface area contributed by atoms with Crippen molar-refractivity contribution in [3.8, 4) is 0 Å². The second-order valence-corrected chi connectivity index (χ2v) is 5.34. The molecule has 1 aromatic rings. The van der Waals surface area contributed by atoms with Gasteiger partial charge in [-0.2, -0.15) is 13.2 Å². The molecule has 1 aromatic carbocycles. The van der Waals surface area contributed by atoms with Gasteiger partial charge in [0.2, 0.25) is 0 Å². The summed E-state index contributed by atoms with van der Waals surface area (Å²) in [5, 5.41) is 10.2. The van der Waals surface area contributed by atoms with Crippen molar-refractivity contribution < 1.29 is 18.3 Å². The summed E-state index contributed by atoms with van der Waals surface area (Å²) in [5.41, 5.74) is 7.00. The van der Waals surface area contributed by atoms with E-state index in [1.165, 1.54) is 4.90 Å². The molecule has 1 saturated heterocycles. The fourth-order valence-electron chi connectivity index (χ4n) is 2.54. The molecular weight excluding hydrogens is 283 g/mol. The number of anilines is 1. The van der Waals surface area contributed by atoms with Crippen LogP contribution in [0, 0.1) is 0 Å². The van der Waals surface area contributed by atoms with E-state index in [4.69, 9.17) is 5.73 Å². The van der Waals surface area contributed by atoms with Crippen LogP contribution in [-0.4, -0.2) is 60.4 Å². The van der Waals surface area contributed by atoms with E-state index in [0.717, 1.165) is 0 Å². The van der Waals surface area contributed by atoms with Crippen LogP contribution in [-0.2, 0) is 0 Å². The molecule has 3 N–H and O–H groups in total. The zero-order valence-electron chi connectivity index (χ0n) is 11.7. The highest BCUT2D eigenvalue weighted by atomic mass is 19.4. The molecule has 0 radical (unpaired) electrons. The van der Waals surface area contributed by atoms with Crippen molar-refractivity contribution in [1.29, 1.82) is 0 Å². The predicted molar refractivity (Wildman–Crippen MR) is 74.7 cm³/mol. The molecule has 4 nitrogen and oxygen atoms in total. The SMILES string of the molecule is Nc1ccccc1C(O)CN1CCN(CC(F)(F)F)CC1. The average molecular weight is 303 g/mol. The van der Waals surface area contributed by atoms with Gasteiger partial charge in [-0.15, -0.1) is 0 Å². The van der Waals surface area contributed by atoms with Crippen LogP contribution in [0.15, 0.2) is 24.3 Å². The second-order valence-electron chi connectivity index (χ2n) is 5.34. The minimum absolute atomic E-state index is 0.358. The Morgan fingerprint density at radius 2 is 1.67 bits per heavy atom. The number of β-amino-alcohol motifs (C(OH)–C–C–N with tert-alkyl or cyclic N) is 1. The summed E-state index contributed by atoms with van der Waals surface area (Å²) in [6.07, 6.45) is -4.87. The smallest absolute Gasteiger partial charge is 0.398 e. The first-order valence-corrected chi connectivity index (χ1v) is 6.89. The third kappa shape index (κ3) is 4.87. The van der Waals surface area contributed by atoms with Crippen LogP contribution in [0.25, 0.3) is 0 Å². The number of aliphatic hydroxyl groups is 1. The van der Waals surface area contributed by atoms with E-state index in [2.05, 4.69) is 0 Å². The van der Waals surface area contributed by atoms with E-state index < -0.39 is 18.8 Å². The number of hydrogen-bond donors (Lipinski definition) is 2. The van der Waals surface area contributed by atoms with E-state index in [1.807, 2.05) is 4.90 Å². The molecule has 0 amide bonds. The molecule has 1 atom stereocenters. The molecule has 118 valence electrons. The van der Waals surface area contributed by atoms with Crippen LogP contribution in [0.3, 0.4) is 0 Å². The van der Waals surface area contributed by atoms with Crippen molar-refractivity contribution in [3.05, 3.63) is 29.8 Å². The molecule has 1 unspecified atom stereocenters. The van der Waals surface area contributed by atoms with E-state index in [0.29, 0.717) is 44.0 Å². The van der Waals surface area contributed by atoms with Gasteiger partial charge in [-0.1, -0.05) is 18.2 Å². The van der Waals surface area contributed by atoms with Crippen molar-refractivity contribution in [3.63, 3.8) is 0 Å². The molecule has 1 fully saturated rings. The molecule has 0 bridgehead atoms. The minimum atomic E-state index is -4.15. The summed E-state index contributed by atoms with van der Waals surface area (Å²) in [5.74, 6) is 0. The molecule has 21 heavy (non-hydrogen) atoms. The number of halogens is 3. The Labute approximate surface area is 121 Å². The number of para-hydroxylation sites is 1. The lowest BCUT2D eigenvalue weighted by atomic mass is 10.1. The summed E-state index contributed by atoms with van der Waals surface area (Å²) in [4.78, 5) is 3.35. The quantitative estimate of drug-likeness (QED) is 0.827. The maximum absolute atomic E-state index is 12.3. The number of alkyl halides is 3. The zero-order valence-corrected chi connectivity index (χ0v) is 11.7. The first kappa shape index (κ1) is 16.1. The fraction of sp³-hybridized carbons (Fsp3) is 0.571. The highest BCUT2D eigenvalue weighted by molar-refractivity contribution is 5.47. The normalized spacial score (nSPS) is 19.6. The Bertz CT molecular complexity index is 459. The summed E-state index contributed by atoms with van der Waals surface area (Å²) < 4.78 is 36.9. The molecule has 1 aliphatic heterocycles. The molecule has 1 heterocycles. The minimum Gasteiger partial charge on any atom is -0.398 e. The predicted octanol–water partition coefficient (Wildman–Crippen LogP) is 1.48. The first-order valence-electron chi connectivity index (χ1n) is 6.89. The van der Waals surface area contributed by atoms with Crippen LogP contribution in [0.4, 0.5) is 18.9 Å². The molecule has 0 spiro atoms. The highest BCUT2D eigenvalue weighted by Gasteiger charge is 2.32. The number of hydrogen-bond acceptors (Lipinski definition) is 4. The molecule has 7 heteroatoms. The molecule has 0 saturated carbocycles. The Balaban J connectivity index is 1.82. The number of aliphatic hydroxyl groups excluding tert-OH is 1. The van der Waals surface area contributed by atoms with Crippen LogP contribution in [0.1, 0.15) is 11.7 Å². The van der Waals surface area contributed by atoms with Gasteiger partial charge >= 0.3 is 6.18 Å². The number of rotatable bonds is 4. The van der Waals surface area contributed by atoms with Crippen LogP contribution < -0.4 is 5.73 Å². The van der Waals surface area contributed by atoms with Gasteiger partial charge in [-0.3, -0.25) is 9.80 Å². The van der Waals surface area contributed by atoms with Crippen molar-refractivity contribution in [2.45, 2.75) is 12.3 Å². The highest BCUT2D eigenvalue weighted by Crippen LogP contribution is 2.22. The number of piperazine rings is 1. The molecule has 0 aromatic heterocycles. The Hall–Kier alpha value is -1.31. The number of nitrogens with two attached hydrogens (primary N) is 1. The Kier molecular flexibility index (Phi) is 5.08. The number of benzene rings is 1. The van der Waals surface area contributed by atoms with E-state index in [1.54, 1.807) is 24.3 Å². The van der Waals surface area contributed by atoms with E-state index in [-0.39, 0.29) is 0 Å². The summed E-state index contributed by atoms with van der Waals surface area (Å²) in [6, 6.07) is 7.08. The lowest BCUT2D eigenvalue weighted by Gasteiger charge is -2.36. The topological polar surface area (TPSA) is 52.7 Å². The standard InChI is InChI=1S/C14H20F3N3O/c15-14(16,17)10-20-7-5-19(6-8-20)9-13(21)11-3-1-2-4-12(11)18/h1-4,13,21H,5-10,18H2. The van der Waals surface area contributed by atoms with Gasteiger partial charge in [0.15, 0.2) is 0 Å². The first-order chi connectivity index (χ1) is 9.85. The van der Waals surface area contributed by atoms with Crippen molar-refractivity contribution in [2.75, 3.05) is 45.0 Å². The maximum Gasteiger partial charge on any atom is 0.401 e. The van der Waals surface area contributed by atoms with Gasteiger partial charge in [-0.05, 0) is 6.07 Å². The van der Waals surface area contributed by atoms with E-state index >= 15 is 0 Å². The number of nitrogens with zero attached hydrogens (tertiary/aromatic N) is 2. The zero-order chi connectivity index (χ0) is 15.5. The van der Waals surface area contributed by atoms with Crippen LogP contribution in [0.5, 0.6) is 0 Å². The maximum atomic E-state index is 12.3. The number of nitrogen functional groups attached to an aromatic ring is 1. The van der Waals surface area contributed by atoms with Gasteiger partial charge in [0.25, 0.3) is 0 Å². The lowest BCUT2D eigenvalue weighted by Crippen LogP contribution is -2.49. The average Bonchev–Trinajstić information content (AvgIpc) is 2.40. The summed E-state index contributed by atoms with van der Waals surface area (Å²) >= 11 is 0. The largest absolute Gasteiger partial charge is 0.401 e. The van der Waals surface area contributed by atoms with Gasteiger partial charge in [0.05, 0.1) is 12.6 Å². The molecule has 0 aliphatic carbocycles. The van der Waals surface area contributed by atoms with Gasteiger partial charge in [-0.25, -0.2) is 0 Å². The van der Waals surface area contributed by atoms with Crippen LogP contribution in [0.2, 0.25) is 0 Å².